The molecule has 0 fully saturated rings. The van der Waals surface area contributed by atoms with Crippen LogP contribution in [0.4, 0.5) is 11.4 Å². The molecule has 4 aromatic rings. The van der Waals surface area contributed by atoms with Gasteiger partial charge in [0.1, 0.15) is 5.70 Å². The van der Waals surface area contributed by atoms with Gasteiger partial charge in [0.25, 0.3) is 11.8 Å². The summed E-state index contributed by atoms with van der Waals surface area (Å²) in [5, 5.41) is 10.5. The first-order valence-electron chi connectivity index (χ1n) is 12.2. The lowest BCUT2D eigenvalue weighted by molar-refractivity contribution is -0.116. The van der Waals surface area contributed by atoms with Gasteiger partial charge >= 0.3 is 0 Å². The van der Waals surface area contributed by atoms with Gasteiger partial charge in [-0.05, 0) is 66.4 Å². The number of amides is 3. The Morgan fingerprint density at radius 1 is 0.923 bits per heavy atom. The normalized spacial score (nSPS) is 11.9. The molecule has 0 aliphatic carbocycles. The average molecular weight is 576 g/mol. The predicted octanol–water partition coefficient (Wildman–Crippen LogP) is 7.32. The summed E-state index contributed by atoms with van der Waals surface area (Å²) < 4.78 is 0. The van der Waals surface area contributed by atoms with Crippen molar-refractivity contribution in [1.29, 1.82) is 0 Å². The number of hydrogen-bond acceptors (Lipinski definition) is 5. The van der Waals surface area contributed by atoms with E-state index in [1.54, 1.807) is 60.7 Å². The zero-order valence-corrected chi connectivity index (χ0v) is 23.4. The Kier molecular flexibility index (Phi) is 9.97. The molecule has 0 saturated carbocycles. The van der Waals surface area contributed by atoms with Gasteiger partial charge in [-0.25, -0.2) is 0 Å². The zero-order valence-electron chi connectivity index (χ0n) is 21.0. The monoisotopic (exact) mass is 575 g/mol. The lowest BCUT2D eigenvalue weighted by Gasteiger charge is -2.16. The maximum atomic E-state index is 13.3. The Hall–Kier alpha value is -3.85. The molecule has 39 heavy (non-hydrogen) atoms. The van der Waals surface area contributed by atoms with Crippen molar-refractivity contribution >= 4 is 69.9 Å². The Labute approximate surface area is 240 Å². The number of carbonyl (C=O) groups is 3. The fourth-order valence-electron chi connectivity index (χ4n) is 3.57. The van der Waals surface area contributed by atoms with E-state index in [0.29, 0.717) is 28.4 Å². The lowest BCUT2D eigenvalue weighted by Crippen LogP contribution is -2.30. The summed E-state index contributed by atoms with van der Waals surface area (Å²) in [4.78, 5) is 40.6. The standard InChI is InChI=1S/C30H26ClN3O3S2/c1-2-27(30(37)33-25-16-7-6-15-24(25)31)39-23-13-8-12-21(18-23)32-29(36)26(19-22-14-9-17-38-22)34-28(35)20-10-4-3-5-11-20/h3-19,27H,2H2,1H3,(H,32,36)(H,33,37)(H,34,35)/b26-19-. The van der Waals surface area contributed by atoms with Gasteiger partial charge in [-0.15, -0.1) is 23.1 Å². The van der Waals surface area contributed by atoms with Gasteiger partial charge < -0.3 is 16.0 Å². The van der Waals surface area contributed by atoms with Crippen LogP contribution < -0.4 is 16.0 Å². The molecule has 0 bridgehead atoms. The first kappa shape index (κ1) is 28.2. The first-order valence-corrected chi connectivity index (χ1v) is 14.3. The summed E-state index contributed by atoms with van der Waals surface area (Å²) in [7, 11) is 0. The van der Waals surface area contributed by atoms with E-state index in [9.17, 15) is 14.4 Å². The van der Waals surface area contributed by atoms with Gasteiger partial charge in [-0.2, -0.15) is 0 Å². The van der Waals surface area contributed by atoms with Crippen molar-refractivity contribution in [2.24, 2.45) is 0 Å². The van der Waals surface area contributed by atoms with Crippen molar-refractivity contribution < 1.29 is 14.4 Å². The molecule has 6 nitrogen and oxygen atoms in total. The maximum absolute atomic E-state index is 13.3. The molecule has 0 radical (unpaired) electrons. The maximum Gasteiger partial charge on any atom is 0.272 e. The molecule has 0 aliphatic heterocycles. The van der Waals surface area contributed by atoms with E-state index in [0.717, 1.165) is 9.77 Å². The highest BCUT2D eigenvalue weighted by molar-refractivity contribution is 8.00. The van der Waals surface area contributed by atoms with Crippen molar-refractivity contribution in [3.05, 3.63) is 118 Å². The van der Waals surface area contributed by atoms with Crippen LogP contribution in [0.3, 0.4) is 0 Å². The van der Waals surface area contributed by atoms with E-state index in [1.165, 1.54) is 23.1 Å². The summed E-state index contributed by atoms with van der Waals surface area (Å²) in [6.45, 7) is 1.94. The van der Waals surface area contributed by atoms with Gasteiger partial charge in [-0.1, -0.05) is 61.0 Å². The summed E-state index contributed by atoms with van der Waals surface area (Å²) in [6, 6.07) is 26.8. The largest absolute Gasteiger partial charge is 0.324 e. The number of nitrogens with one attached hydrogen (secondary N) is 3. The highest BCUT2D eigenvalue weighted by atomic mass is 35.5. The number of benzene rings is 3. The number of rotatable bonds is 10. The fourth-order valence-corrected chi connectivity index (χ4v) is 5.42. The molecular formula is C30H26ClN3O3S2. The average Bonchev–Trinajstić information content (AvgIpc) is 3.46. The van der Waals surface area contributed by atoms with Gasteiger partial charge in [0.15, 0.2) is 0 Å². The summed E-state index contributed by atoms with van der Waals surface area (Å²) in [5.41, 5.74) is 1.67. The predicted molar refractivity (Wildman–Crippen MR) is 161 cm³/mol. The Bertz CT molecular complexity index is 1470. The smallest absolute Gasteiger partial charge is 0.272 e. The van der Waals surface area contributed by atoms with E-state index in [2.05, 4.69) is 16.0 Å². The fraction of sp³-hybridized carbons (Fsp3) is 0.100. The van der Waals surface area contributed by atoms with Crippen LogP contribution in [-0.2, 0) is 9.59 Å². The molecule has 198 valence electrons. The van der Waals surface area contributed by atoms with E-state index in [4.69, 9.17) is 11.6 Å². The molecule has 0 spiro atoms. The van der Waals surface area contributed by atoms with Crippen LogP contribution in [0.25, 0.3) is 6.08 Å². The minimum Gasteiger partial charge on any atom is -0.324 e. The van der Waals surface area contributed by atoms with Crippen LogP contribution in [0.5, 0.6) is 0 Å². The molecule has 3 amide bonds. The molecule has 3 N–H and O–H groups in total. The highest BCUT2D eigenvalue weighted by Crippen LogP contribution is 2.30. The second kappa shape index (κ2) is 13.8. The van der Waals surface area contributed by atoms with Gasteiger partial charge in [-0.3, -0.25) is 14.4 Å². The number of carbonyl (C=O) groups excluding carboxylic acids is 3. The zero-order chi connectivity index (χ0) is 27.6. The molecule has 0 aliphatic rings. The van der Waals surface area contributed by atoms with Gasteiger partial charge in [0, 0.05) is 21.0 Å². The van der Waals surface area contributed by atoms with Crippen LogP contribution in [0.15, 0.2) is 107 Å². The van der Waals surface area contributed by atoms with Crippen LogP contribution in [-0.4, -0.2) is 23.0 Å². The van der Waals surface area contributed by atoms with E-state index >= 15 is 0 Å². The third-order valence-corrected chi connectivity index (χ3v) is 8.03. The van der Waals surface area contributed by atoms with Crippen molar-refractivity contribution in [2.75, 3.05) is 10.6 Å². The number of para-hydroxylation sites is 1. The number of halogens is 1. The quantitative estimate of drug-likeness (QED) is 0.137. The SMILES string of the molecule is CCC(Sc1cccc(NC(=O)/C(=C/c2cccs2)NC(=O)c2ccccc2)c1)C(=O)Nc1ccccc1Cl. The Morgan fingerprint density at radius 3 is 2.41 bits per heavy atom. The third kappa shape index (κ3) is 8.07. The topological polar surface area (TPSA) is 87.3 Å². The van der Waals surface area contributed by atoms with E-state index < -0.39 is 5.91 Å². The molecule has 1 aromatic heterocycles. The van der Waals surface area contributed by atoms with Gasteiger partial charge in [0.2, 0.25) is 5.91 Å². The van der Waals surface area contributed by atoms with Crippen molar-refractivity contribution in [3.63, 3.8) is 0 Å². The summed E-state index contributed by atoms with van der Waals surface area (Å²) in [6.07, 6.45) is 2.24. The number of anilines is 2. The van der Waals surface area contributed by atoms with Crippen LogP contribution in [0.1, 0.15) is 28.6 Å². The Morgan fingerprint density at radius 2 is 1.69 bits per heavy atom. The minimum atomic E-state index is -0.460. The Balaban J connectivity index is 1.47. The van der Waals surface area contributed by atoms with Crippen molar-refractivity contribution in [3.8, 4) is 0 Å². The second-order valence-electron chi connectivity index (χ2n) is 8.36. The molecule has 1 heterocycles. The number of thiophene rings is 1. The first-order chi connectivity index (χ1) is 18.9. The minimum absolute atomic E-state index is 0.120. The van der Waals surface area contributed by atoms with Crippen LogP contribution in [0, 0.1) is 0 Å². The molecule has 9 heteroatoms. The number of hydrogen-bond donors (Lipinski definition) is 3. The van der Waals surface area contributed by atoms with Crippen LogP contribution in [0.2, 0.25) is 5.02 Å². The molecular weight excluding hydrogens is 550 g/mol. The second-order valence-corrected chi connectivity index (χ2v) is 11.0. The molecule has 3 aromatic carbocycles. The summed E-state index contributed by atoms with van der Waals surface area (Å²) >= 11 is 9.04. The third-order valence-electron chi connectivity index (χ3n) is 5.52. The highest BCUT2D eigenvalue weighted by Gasteiger charge is 2.20. The summed E-state index contributed by atoms with van der Waals surface area (Å²) in [5.74, 6) is -0.999. The van der Waals surface area contributed by atoms with E-state index in [-0.39, 0.29) is 22.8 Å². The molecule has 4 rings (SSSR count). The van der Waals surface area contributed by atoms with Crippen molar-refractivity contribution in [1.82, 2.24) is 5.32 Å². The lowest BCUT2D eigenvalue weighted by atomic mass is 10.2. The molecule has 1 atom stereocenters. The molecule has 1 unspecified atom stereocenters. The van der Waals surface area contributed by atoms with Crippen molar-refractivity contribution in [2.45, 2.75) is 23.5 Å². The van der Waals surface area contributed by atoms with Crippen LogP contribution >= 0.6 is 34.7 Å². The number of thioether (sulfide) groups is 1. The van der Waals surface area contributed by atoms with E-state index in [1.807, 2.05) is 48.7 Å². The molecule has 0 saturated heterocycles. The van der Waals surface area contributed by atoms with Gasteiger partial charge in [0.05, 0.1) is 16.0 Å².